The molecule has 2 aliphatic carbocycles. The van der Waals surface area contributed by atoms with Crippen LogP contribution in [0.5, 0.6) is 0 Å². The van der Waals surface area contributed by atoms with E-state index < -0.39 is 5.60 Å². The summed E-state index contributed by atoms with van der Waals surface area (Å²) in [7, 11) is 0. The normalized spacial score (nSPS) is 43.1. The molecule has 0 aliphatic heterocycles. The maximum atomic E-state index is 11.0. The highest BCUT2D eigenvalue weighted by atomic mass is 16.3. The summed E-state index contributed by atoms with van der Waals surface area (Å²) in [5, 5.41) is 10.1. The summed E-state index contributed by atoms with van der Waals surface area (Å²) in [6.45, 7) is 2.13. The summed E-state index contributed by atoms with van der Waals surface area (Å²) in [5.41, 5.74) is -1.30. The molecule has 0 aromatic rings. The third-order valence-corrected chi connectivity index (χ3v) is 4.32. The molecule has 3 heteroatoms. The van der Waals surface area contributed by atoms with Gasteiger partial charge in [-0.1, -0.05) is 25.8 Å². The van der Waals surface area contributed by atoms with Gasteiger partial charge < -0.3 is 5.11 Å². The molecule has 0 amide bonds. The van der Waals surface area contributed by atoms with Crippen molar-refractivity contribution in [2.24, 2.45) is 11.3 Å². The molecule has 0 aromatic carbocycles. The zero-order chi connectivity index (χ0) is 11.8. The van der Waals surface area contributed by atoms with E-state index in [2.05, 4.69) is 6.92 Å². The van der Waals surface area contributed by atoms with Crippen molar-refractivity contribution in [3.05, 3.63) is 11.6 Å². The molecular weight excluding hydrogens is 204 g/mol. The summed E-state index contributed by atoms with van der Waals surface area (Å²) in [5.74, 6) is 0.320. The Bertz CT molecular complexity index is 347. The zero-order valence-electron chi connectivity index (χ0n) is 9.61. The molecule has 3 nitrogen and oxygen atoms in total. The Labute approximate surface area is 95.5 Å². The van der Waals surface area contributed by atoms with Gasteiger partial charge in [-0.05, 0) is 30.6 Å². The van der Waals surface area contributed by atoms with E-state index in [1.807, 2.05) is 6.08 Å². The van der Waals surface area contributed by atoms with Gasteiger partial charge in [-0.25, -0.2) is 0 Å². The fraction of sp³-hybridized carbons (Fsp3) is 0.692. The van der Waals surface area contributed by atoms with Gasteiger partial charge in [0.05, 0.1) is 0 Å². The molecule has 1 N–H and O–H groups in total. The van der Waals surface area contributed by atoms with Gasteiger partial charge in [-0.2, -0.15) is 0 Å². The lowest BCUT2D eigenvalue weighted by Crippen LogP contribution is -2.46. The Morgan fingerprint density at radius 1 is 1.44 bits per heavy atom. The number of carbonyl (C=O) groups is 2. The Morgan fingerprint density at radius 3 is 2.81 bits per heavy atom. The first-order valence-corrected chi connectivity index (χ1v) is 5.91. The molecule has 0 heterocycles. The summed E-state index contributed by atoms with van der Waals surface area (Å²) >= 11 is 0. The van der Waals surface area contributed by atoms with Crippen molar-refractivity contribution in [1.29, 1.82) is 0 Å². The van der Waals surface area contributed by atoms with Crippen LogP contribution in [0.3, 0.4) is 0 Å². The van der Waals surface area contributed by atoms with E-state index in [0.717, 1.165) is 25.7 Å². The van der Waals surface area contributed by atoms with Crippen molar-refractivity contribution in [1.82, 2.24) is 0 Å². The van der Waals surface area contributed by atoms with Gasteiger partial charge in [0.1, 0.15) is 11.9 Å². The molecule has 0 radical (unpaired) electrons. The lowest BCUT2D eigenvalue weighted by atomic mass is 9.59. The van der Waals surface area contributed by atoms with Crippen LogP contribution in [0.1, 0.15) is 39.0 Å². The van der Waals surface area contributed by atoms with Gasteiger partial charge in [-0.3, -0.25) is 9.59 Å². The molecule has 2 rings (SSSR count). The Balaban J connectivity index is 2.42. The summed E-state index contributed by atoms with van der Waals surface area (Å²) in [6.07, 6.45) is 7.78. The first-order valence-electron chi connectivity index (χ1n) is 5.91. The van der Waals surface area contributed by atoms with Gasteiger partial charge in [-0.15, -0.1) is 0 Å². The number of carbonyl (C=O) groups excluding carboxylic acids is 2. The maximum absolute atomic E-state index is 11.0. The SMILES string of the molecule is C[C@]12C=C(C=O)C(O)(C=O)C[C@@H]1CCCC2. The highest BCUT2D eigenvalue weighted by molar-refractivity contribution is 5.87. The second-order valence-electron chi connectivity index (χ2n) is 5.41. The van der Waals surface area contributed by atoms with Crippen LogP contribution in [0, 0.1) is 11.3 Å². The topological polar surface area (TPSA) is 54.4 Å². The van der Waals surface area contributed by atoms with Crippen LogP contribution in [0.2, 0.25) is 0 Å². The van der Waals surface area contributed by atoms with E-state index >= 15 is 0 Å². The molecule has 0 bridgehead atoms. The van der Waals surface area contributed by atoms with Crippen molar-refractivity contribution in [3.8, 4) is 0 Å². The molecule has 2 aliphatic rings. The molecule has 0 saturated heterocycles. The standard InChI is InChI=1S/C13H18O3/c1-12-5-3-2-4-10(12)7-13(16,9-15)11(6-12)8-14/h6,8-10,16H,2-5,7H2,1H3/t10-,12-,13?/m0/s1. The lowest BCUT2D eigenvalue weighted by Gasteiger charge is -2.46. The minimum absolute atomic E-state index is 0.0102. The molecule has 3 atom stereocenters. The van der Waals surface area contributed by atoms with E-state index in [4.69, 9.17) is 0 Å². The molecule has 88 valence electrons. The number of hydrogen-bond donors (Lipinski definition) is 1. The molecule has 1 saturated carbocycles. The van der Waals surface area contributed by atoms with Crippen molar-refractivity contribution in [2.45, 2.75) is 44.6 Å². The highest BCUT2D eigenvalue weighted by Gasteiger charge is 2.47. The number of allylic oxidation sites excluding steroid dienone is 1. The molecule has 0 spiro atoms. The van der Waals surface area contributed by atoms with Crippen LogP contribution >= 0.6 is 0 Å². The number of aldehydes is 2. The van der Waals surface area contributed by atoms with Crippen LogP contribution in [0.15, 0.2) is 11.6 Å². The van der Waals surface area contributed by atoms with Gasteiger partial charge in [0.15, 0.2) is 6.29 Å². The summed E-state index contributed by atoms with van der Waals surface area (Å²) in [6, 6.07) is 0. The van der Waals surface area contributed by atoms with Gasteiger partial charge in [0, 0.05) is 5.57 Å². The quantitative estimate of drug-likeness (QED) is 0.723. The molecular formula is C13H18O3. The van der Waals surface area contributed by atoms with Crippen LogP contribution in [-0.4, -0.2) is 23.3 Å². The predicted molar refractivity (Wildman–Crippen MR) is 59.8 cm³/mol. The largest absolute Gasteiger partial charge is 0.377 e. The highest BCUT2D eigenvalue weighted by Crippen LogP contribution is 2.50. The second-order valence-corrected chi connectivity index (χ2v) is 5.41. The second kappa shape index (κ2) is 3.81. The Kier molecular flexibility index (Phi) is 2.74. The van der Waals surface area contributed by atoms with E-state index in [1.165, 1.54) is 0 Å². The average Bonchev–Trinajstić information content (AvgIpc) is 2.29. The third kappa shape index (κ3) is 1.63. The minimum atomic E-state index is -1.54. The minimum Gasteiger partial charge on any atom is -0.377 e. The van der Waals surface area contributed by atoms with E-state index in [9.17, 15) is 14.7 Å². The van der Waals surface area contributed by atoms with Crippen molar-refractivity contribution in [3.63, 3.8) is 0 Å². The number of hydrogen-bond acceptors (Lipinski definition) is 3. The number of rotatable bonds is 2. The fourth-order valence-corrected chi connectivity index (χ4v) is 3.18. The number of fused-ring (bicyclic) bond motifs is 1. The van der Waals surface area contributed by atoms with Crippen molar-refractivity contribution in [2.75, 3.05) is 0 Å². The lowest BCUT2D eigenvalue weighted by molar-refractivity contribution is -0.127. The number of aliphatic hydroxyl groups is 1. The van der Waals surface area contributed by atoms with Crippen molar-refractivity contribution >= 4 is 12.6 Å². The van der Waals surface area contributed by atoms with E-state index in [0.29, 0.717) is 24.9 Å². The molecule has 0 aromatic heterocycles. The zero-order valence-corrected chi connectivity index (χ0v) is 9.61. The maximum Gasteiger partial charge on any atom is 0.156 e. The van der Waals surface area contributed by atoms with Crippen LogP contribution in [0.4, 0.5) is 0 Å². The van der Waals surface area contributed by atoms with E-state index in [1.54, 1.807) is 0 Å². The van der Waals surface area contributed by atoms with Crippen LogP contribution < -0.4 is 0 Å². The smallest absolute Gasteiger partial charge is 0.156 e. The average molecular weight is 222 g/mol. The molecule has 1 unspecified atom stereocenters. The monoisotopic (exact) mass is 222 g/mol. The fourth-order valence-electron chi connectivity index (χ4n) is 3.18. The van der Waals surface area contributed by atoms with Crippen molar-refractivity contribution < 1.29 is 14.7 Å². The molecule has 1 fully saturated rings. The summed E-state index contributed by atoms with van der Waals surface area (Å²) in [4.78, 5) is 21.9. The predicted octanol–water partition coefficient (Wildman–Crippen LogP) is 1.64. The Hall–Kier alpha value is -0.960. The molecule has 16 heavy (non-hydrogen) atoms. The summed E-state index contributed by atoms with van der Waals surface area (Å²) < 4.78 is 0. The van der Waals surface area contributed by atoms with Crippen LogP contribution in [-0.2, 0) is 9.59 Å². The van der Waals surface area contributed by atoms with Gasteiger partial charge in [0.25, 0.3) is 0 Å². The van der Waals surface area contributed by atoms with E-state index in [-0.39, 0.29) is 11.0 Å². The van der Waals surface area contributed by atoms with Gasteiger partial charge in [0.2, 0.25) is 0 Å². The van der Waals surface area contributed by atoms with Gasteiger partial charge >= 0.3 is 0 Å². The van der Waals surface area contributed by atoms with Crippen LogP contribution in [0.25, 0.3) is 0 Å². The third-order valence-electron chi connectivity index (χ3n) is 4.32. The Morgan fingerprint density at radius 2 is 2.19 bits per heavy atom. The first-order chi connectivity index (χ1) is 7.54. The first kappa shape index (κ1) is 11.5.